The highest BCUT2D eigenvalue weighted by molar-refractivity contribution is 5.65. The summed E-state index contributed by atoms with van der Waals surface area (Å²) in [5.74, 6) is 0.504. The molecule has 10 heteroatoms. The van der Waals surface area contributed by atoms with E-state index in [2.05, 4.69) is 60.4 Å². The van der Waals surface area contributed by atoms with Crippen molar-refractivity contribution in [1.29, 1.82) is 0 Å². The zero-order valence-electron chi connectivity index (χ0n) is 21.8. The molecule has 0 amide bonds. The standard InChI is InChI=1S/C27H39F2N7O/c1-2-20-16-21(36-14-13-35-12-3-6-22(35)18-36)7-8-24(20)32-27-31-17-23(25(28)29)26(33-27)30-9-4-10-34-11-5-15-37-19-34/h7-8,16-17,22,25H,2-6,9-15,18-19H2,1H3,(H2,30,31,32,33)/t22-/m1/s1. The number of alkyl halides is 2. The van der Waals surface area contributed by atoms with Crippen molar-refractivity contribution in [2.24, 2.45) is 0 Å². The first-order valence-electron chi connectivity index (χ1n) is 13.7. The van der Waals surface area contributed by atoms with Crippen molar-refractivity contribution in [2.75, 3.05) is 74.7 Å². The summed E-state index contributed by atoms with van der Waals surface area (Å²) in [6, 6.07) is 7.11. The summed E-state index contributed by atoms with van der Waals surface area (Å²) in [6.07, 6.45) is 3.86. The SMILES string of the molecule is CCc1cc(N2CCN3CCC[C@@H]3C2)ccc1Nc1ncc(C(F)F)c(NCCCN2CCCOC2)n1. The van der Waals surface area contributed by atoms with Crippen LogP contribution < -0.4 is 15.5 Å². The summed E-state index contributed by atoms with van der Waals surface area (Å²) >= 11 is 0. The van der Waals surface area contributed by atoms with Gasteiger partial charge in [-0.15, -0.1) is 0 Å². The molecule has 37 heavy (non-hydrogen) atoms. The number of ether oxygens (including phenoxy) is 1. The molecule has 1 atom stereocenters. The van der Waals surface area contributed by atoms with Crippen LogP contribution in [0.4, 0.5) is 31.9 Å². The second-order valence-corrected chi connectivity index (χ2v) is 10.2. The van der Waals surface area contributed by atoms with E-state index in [1.165, 1.54) is 31.3 Å². The topological polar surface area (TPSA) is 68.8 Å². The van der Waals surface area contributed by atoms with Crippen LogP contribution in [0.15, 0.2) is 24.4 Å². The zero-order chi connectivity index (χ0) is 25.6. The number of hydrogen-bond acceptors (Lipinski definition) is 8. The monoisotopic (exact) mass is 515 g/mol. The van der Waals surface area contributed by atoms with Crippen molar-refractivity contribution in [2.45, 2.75) is 51.5 Å². The van der Waals surface area contributed by atoms with Crippen molar-refractivity contribution >= 4 is 23.1 Å². The Kier molecular flexibility index (Phi) is 8.68. The lowest BCUT2D eigenvalue weighted by Crippen LogP contribution is -2.50. The fraction of sp³-hybridized carbons (Fsp3) is 0.630. The summed E-state index contributed by atoms with van der Waals surface area (Å²) in [5.41, 5.74) is 3.13. The molecular weight excluding hydrogens is 476 g/mol. The lowest BCUT2D eigenvalue weighted by Gasteiger charge is -2.39. The molecule has 4 heterocycles. The van der Waals surface area contributed by atoms with Crippen molar-refractivity contribution < 1.29 is 13.5 Å². The average molecular weight is 516 g/mol. The first-order valence-corrected chi connectivity index (χ1v) is 13.7. The number of halogens is 2. The number of benzene rings is 1. The van der Waals surface area contributed by atoms with Crippen LogP contribution in [-0.2, 0) is 11.2 Å². The average Bonchev–Trinajstić information content (AvgIpc) is 3.40. The largest absolute Gasteiger partial charge is 0.369 e. The van der Waals surface area contributed by atoms with Crippen LogP contribution in [0.3, 0.4) is 0 Å². The second kappa shape index (κ2) is 12.3. The number of anilines is 4. The van der Waals surface area contributed by atoms with Crippen molar-refractivity contribution in [3.8, 4) is 0 Å². The molecule has 202 valence electrons. The van der Waals surface area contributed by atoms with E-state index >= 15 is 0 Å². The summed E-state index contributed by atoms with van der Waals surface area (Å²) < 4.78 is 32.7. The first-order chi connectivity index (χ1) is 18.1. The molecule has 0 bridgehead atoms. The Hall–Kier alpha value is -2.56. The van der Waals surface area contributed by atoms with Crippen LogP contribution in [-0.4, -0.2) is 85.0 Å². The fourth-order valence-corrected chi connectivity index (χ4v) is 5.62. The number of aromatic nitrogens is 2. The third kappa shape index (κ3) is 6.48. The number of nitrogens with one attached hydrogen (secondary N) is 2. The maximum Gasteiger partial charge on any atom is 0.268 e. The fourth-order valence-electron chi connectivity index (χ4n) is 5.62. The molecule has 3 aliphatic heterocycles. The van der Waals surface area contributed by atoms with E-state index in [1.807, 2.05) is 0 Å². The molecule has 3 saturated heterocycles. The minimum Gasteiger partial charge on any atom is -0.369 e. The van der Waals surface area contributed by atoms with Crippen LogP contribution >= 0.6 is 0 Å². The van der Waals surface area contributed by atoms with Crippen molar-refractivity contribution in [3.05, 3.63) is 35.5 Å². The van der Waals surface area contributed by atoms with Gasteiger partial charge in [0.25, 0.3) is 6.43 Å². The smallest absolute Gasteiger partial charge is 0.268 e. The molecule has 0 unspecified atom stereocenters. The predicted molar refractivity (Wildman–Crippen MR) is 143 cm³/mol. The van der Waals surface area contributed by atoms with E-state index in [0.717, 1.165) is 69.8 Å². The number of fused-ring (bicyclic) bond motifs is 1. The Morgan fingerprint density at radius 3 is 2.89 bits per heavy atom. The van der Waals surface area contributed by atoms with E-state index in [4.69, 9.17) is 4.74 Å². The molecule has 8 nitrogen and oxygen atoms in total. The Labute approximate surface area is 218 Å². The predicted octanol–water partition coefficient (Wildman–Crippen LogP) is 4.49. The molecule has 2 aromatic rings. The van der Waals surface area contributed by atoms with E-state index in [-0.39, 0.29) is 11.4 Å². The summed E-state index contributed by atoms with van der Waals surface area (Å²) in [4.78, 5) is 16.0. The highest BCUT2D eigenvalue weighted by atomic mass is 19.3. The van der Waals surface area contributed by atoms with E-state index in [0.29, 0.717) is 25.3 Å². The van der Waals surface area contributed by atoms with Gasteiger partial charge in [-0.05, 0) is 62.4 Å². The highest BCUT2D eigenvalue weighted by Gasteiger charge is 2.30. The zero-order valence-corrected chi connectivity index (χ0v) is 21.8. The summed E-state index contributed by atoms with van der Waals surface area (Å²) in [5, 5.41) is 6.39. The molecule has 0 aliphatic carbocycles. The number of aryl methyl sites for hydroxylation is 1. The molecule has 0 spiro atoms. The molecule has 0 saturated carbocycles. The Balaban J connectivity index is 1.24. The third-order valence-electron chi connectivity index (χ3n) is 7.70. The first kappa shape index (κ1) is 26.1. The molecule has 1 aromatic heterocycles. The second-order valence-electron chi connectivity index (χ2n) is 10.2. The molecule has 5 rings (SSSR count). The molecular formula is C27H39F2N7O. The van der Waals surface area contributed by atoms with Gasteiger partial charge in [-0.2, -0.15) is 4.98 Å². The van der Waals surface area contributed by atoms with Crippen LogP contribution in [0.5, 0.6) is 0 Å². The molecule has 0 radical (unpaired) electrons. The normalized spacial score (nSPS) is 20.9. The van der Waals surface area contributed by atoms with Gasteiger partial charge >= 0.3 is 0 Å². The van der Waals surface area contributed by atoms with Crippen molar-refractivity contribution in [1.82, 2.24) is 19.8 Å². The maximum atomic E-state index is 13.6. The van der Waals surface area contributed by atoms with Crippen LogP contribution in [0.1, 0.15) is 50.2 Å². The molecule has 1 aromatic carbocycles. The lowest BCUT2D eigenvalue weighted by atomic mass is 10.1. The molecule has 3 aliphatic rings. The lowest BCUT2D eigenvalue weighted by molar-refractivity contribution is -0.0131. The van der Waals surface area contributed by atoms with Gasteiger partial charge < -0.3 is 20.3 Å². The minimum atomic E-state index is -2.64. The van der Waals surface area contributed by atoms with Gasteiger partial charge in [-0.3, -0.25) is 9.80 Å². The van der Waals surface area contributed by atoms with Gasteiger partial charge in [-0.25, -0.2) is 13.8 Å². The van der Waals surface area contributed by atoms with Gasteiger partial charge in [-0.1, -0.05) is 6.92 Å². The number of hydrogen-bond donors (Lipinski definition) is 2. The van der Waals surface area contributed by atoms with Crippen LogP contribution in [0, 0.1) is 0 Å². The number of nitrogens with zero attached hydrogens (tertiary/aromatic N) is 5. The Morgan fingerprint density at radius 1 is 1.16 bits per heavy atom. The van der Waals surface area contributed by atoms with Gasteiger partial charge in [0.1, 0.15) is 5.82 Å². The minimum absolute atomic E-state index is 0.177. The highest BCUT2D eigenvalue weighted by Crippen LogP contribution is 2.31. The number of rotatable bonds is 10. The van der Waals surface area contributed by atoms with E-state index in [9.17, 15) is 8.78 Å². The molecule has 3 fully saturated rings. The Bertz CT molecular complexity index is 1030. The van der Waals surface area contributed by atoms with E-state index in [1.54, 1.807) is 0 Å². The Morgan fingerprint density at radius 2 is 2.08 bits per heavy atom. The quantitative estimate of drug-likeness (QED) is 0.449. The van der Waals surface area contributed by atoms with E-state index < -0.39 is 6.43 Å². The van der Waals surface area contributed by atoms with Crippen LogP contribution in [0.25, 0.3) is 0 Å². The maximum absolute atomic E-state index is 13.6. The number of piperazine rings is 1. The summed E-state index contributed by atoms with van der Waals surface area (Å²) in [6.45, 7) is 10.5. The molecule has 2 N–H and O–H groups in total. The van der Waals surface area contributed by atoms with Gasteiger partial charge in [0.2, 0.25) is 5.95 Å². The summed E-state index contributed by atoms with van der Waals surface area (Å²) in [7, 11) is 0. The van der Waals surface area contributed by atoms with Gasteiger partial charge in [0.15, 0.2) is 0 Å². The third-order valence-corrected chi connectivity index (χ3v) is 7.70. The van der Waals surface area contributed by atoms with Crippen molar-refractivity contribution in [3.63, 3.8) is 0 Å². The van der Waals surface area contributed by atoms with Gasteiger partial charge in [0.05, 0.1) is 12.3 Å². The van der Waals surface area contributed by atoms with Gasteiger partial charge in [0, 0.05) is 69.5 Å². The van der Waals surface area contributed by atoms with Crippen LogP contribution in [0.2, 0.25) is 0 Å².